The van der Waals surface area contributed by atoms with Gasteiger partial charge in [-0.05, 0) is 18.1 Å². The number of nitrogens with one attached hydrogen (secondary N) is 1. The largest absolute Gasteiger partial charge is 0.360 e. The molecule has 0 bridgehead atoms. The molecule has 7 heteroatoms. The maximum Gasteiger partial charge on any atom is 0.232 e. The Hall–Kier alpha value is -2.25. The highest BCUT2D eigenvalue weighted by atomic mass is 32.2. The molecule has 1 N–H and O–H groups in total. The van der Waals surface area contributed by atoms with E-state index in [4.69, 9.17) is 0 Å². The minimum Gasteiger partial charge on any atom is -0.360 e. The monoisotopic (exact) mass is 414 g/mol. The summed E-state index contributed by atoms with van der Waals surface area (Å²) in [5, 5.41) is 0.565. The Morgan fingerprint density at radius 3 is 2.64 bits per heavy atom. The van der Waals surface area contributed by atoms with Crippen LogP contribution in [0.4, 0.5) is 0 Å². The molecule has 2 heterocycles. The van der Waals surface area contributed by atoms with E-state index >= 15 is 0 Å². The number of rotatable bonds is 4. The van der Waals surface area contributed by atoms with Crippen molar-refractivity contribution < 1.29 is 13.2 Å². The highest BCUT2D eigenvalue weighted by Gasteiger charge is 2.32. The number of carbonyl (C=O) groups is 1. The van der Waals surface area contributed by atoms with Crippen LogP contribution in [-0.2, 0) is 14.6 Å². The minimum atomic E-state index is -3.27. The zero-order valence-electron chi connectivity index (χ0n) is 15.4. The Bertz CT molecular complexity index is 1080. The molecular formula is C21H22N2O3S2. The molecule has 1 atom stereocenters. The van der Waals surface area contributed by atoms with Gasteiger partial charge >= 0.3 is 0 Å². The van der Waals surface area contributed by atoms with Crippen molar-refractivity contribution in [2.24, 2.45) is 0 Å². The van der Waals surface area contributed by atoms with E-state index in [1.807, 2.05) is 60.8 Å². The fraction of sp³-hybridized carbons (Fsp3) is 0.286. The van der Waals surface area contributed by atoms with Gasteiger partial charge in [0.05, 0.1) is 16.8 Å². The lowest BCUT2D eigenvalue weighted by Crippen LogP contribution is -2.34. The number of aromatic nitrogens is 1. The first kappa shape index (κ1) is 19.1. The molecule has 0 radical (unpaired) electrons. The molecule has 0 saturated carbocycles. The Balaban J connectivity index is 1.43. The van der Waals surface area contributed by atoms with Crippen molar-refractivity contribution in [3.8, 4) is 0 Å². The number of para-hydroxylation sites is 1. The number of carbonyl (C=O) groups excluding carboxylic acids is 1. The van der Waals surface area contributed by atoms with Crippen LogP contribution in [-0.4, -0.2) is 48.8 Å². The molecule has 1 fully saturated rings. The first-order valence-corrected chi connectivity index (χ1v) is 12.0. The molecule has 3 aromatic rings. The number of H-pyrrole nitrogens is 1. The number of sulfone groups is 1. The van der Waals surface area contributed by atoms with Crippen molar-refractivity contribution in [1.82, 2.24) is 9.88 Å². The first-order chi connectivity index (χ1) is 13.5. The molecule has 1 unspecified atom stereocenters. The van der Waals surface area contributed by atoms with E-state index in [1.165, 1.54) is 11.8 Å². The van der Waals surface area contributed by atoms with Crippen LogP contribution in [0.3, 0.4) is 0 Å². The number of aromatic amines is 1. The zero-order valence-corrected chi connectivity index (χ0v) is 17.0. The molecule has 1 aliphatic rings. The van der Waals surface area contributed by atoms with E-state index in [9.17, 15) is 13.2 Å². The molecule has 146 valence electrons. The predicted octanol–water partition coefficient (Wildman–Crippen LogP) is 3.65. The second kappa shape index (κ2) is 8.01. The van der Waals surface area contributed by atoms with Gasteiger partial charge in [-0.3, -0.25) is 4.79 Å². The second-order valence-electron chi connectivity index (χ2n) is 6.92. The number of nitrogens with zero attached hydrogens (tertiary/aromatic N) is 1. The quantitative estimate of drug-likeness (QED) is 0.662. The lowest BCUT2D eigenvalue weighted by molar-refractivity contribution is -0.128. The average Bonchev–Trinajstić information content (AvgIpc) is 3.04. The van der Waals surface area contributed by atoms with Gasteiger partial charge in [0.25, 0.3) is 0 Å². The van der Waals surface area contributed by atoms with Gasteiger partial charge in [-0.2, -0.15) is 0 Å². The number of fused-ring (bicyclic) bond motifs is 1. The van der Waals surface area contributed by atoms with Gasteiger partial charge in [-0.25, -0.2) is 8.42 Å². The summed E-state index contributed by atoms with van der Waals surface area (Å²) >= 11 is 1.49. The van der Waals surface area contributed by atoms with Gasteiger partial charge in [0, 0.05) is 35.1 Å². The van der Waals surface area contributed by atoms with Crippen LogP contribution in [0.15, 0.2) is 65.7 Å². The van der Waals surface area contributed by atoms with Crippen molar-refractivity contribution in [3.05, 3.63) is 66.4 Å². The summed E-state index contributed by atoms with van der Waals surface area (Å²) in [4.78, 5) is 18.7. The fourth-order valence-corrected chi connectivity index (χ4v) is 6.36. The highest BCUT2D eigenvalue weighted by molar-refractivity contribution is 8.00. The lowest BCUT2D eigenvalue weighted by Gasteiger charge is -2.19. The third-order valence-electron chi connectivity index (χ3n) is 5.17. The first-order valence-electron chi connectivity index (χ1n) is 9.28. The summed E-state index contributed by atoms with van der Waals surface area (Å²) in [7, 11) is -3.27. The maximum atomic E-state index is 12.7. The Kier molecular flexibility index (Phi) is 5.46. The molecule has 1 amide bonds. The number of benzene rings is 2. The van der Waals surface area contributed by atoms with Crippen LogP contribution in [0.5, 0.6) is 0 Å². The summed E-state index contributed by atoms with van der Waals surface area (Å²) in [6.45, 7) is 0.727. The van der Waals surface area contributed by atoms with E-state index in [2.05, 4.69) is 4.98 Å². The number of amides is 1. The highest BCUT2D eigenvalue weighted by Crippen LogP contribution is 2.31. The van der Waals surface area contributed by atoms with E-state index < -0.39 is 15.1 Å². The predicted molar refractivity (Wildman–Crippen MR) is 113 cm³/mol. The minimum absolute atomic E-state index is 0.00997. The van der Waals surface area contributed by atoms with Gasteiger partial charge in [0.1, 0.15) is 0 Å². The van der Waals surface area contributed by atoms with Crippen LogP contribution in [0.2, 0.25) is 0 Å². The van der Waals surface area contributed by atoms with E-state index in [1.54, 1.807) is 4.90 Å². The van der Waals surface area contributed by atoms with Crippen molar-refractivity contribution in [1.29, 1.82) is 0 Å². The van der Waals surface area contributed by atoms with Crippen molar-refractivity contribution in [2.75, 3.05) is 24.6 Å². The molecule has 1 aliphatic heterocycles. The van der Waals surface area contributed by atoms with Crippen molar-refractivity contribution in [3.63, 3.8) is 0 Å². The SMILES string of the molecule is O=C(CSc1c[nH]c2ccccc12)N1CCC(c2ccccc2)S(=O)(=O)CC1. The second-order valence-corrected chi connectivity index (χ2v) is 10.2. The van der Waals surface area contributed by atoms with Crippen molar-refractivity contribution >= 4 is 38.4 Å². The number of hydrogen-bond acceptors (Lipinski definition) is 4. The average molecular weight is 415 g/mol. The Morgan fingerprint density at radius 1 is 1.07 bits per heavy atom. The molecule has 4 rings (SSSR count). The summed E-state index contributed by atoms with van der Waals surface area (Å²) < 4.78 is 25.4. The van der Waals surface area contributed by atoms with Gasteiger partial charge < -0.3 is 9.88 Å². The van der Waals surface area contributed by atoms with Gasteiger partial charge in [0.15, 0.2) is 9.84 Å². The molecule has 2 aromatic carbocycles. The zero-order chi connectivity index (χ0) is 19.6. The molecule has 1 saturated heterocycles. The Labute approximate surface area is 169 Å². The summed E-state index contributed by atoms with van der Waals surface area (Å²) in [5.41, 5.74) is 1.86. The molecule has 0 spiro atoms. The van der Waals surface area contributed by atoms with Crippen molar-refractivity contribution in [2.45, 2.75) is 16.6 Å². The third kappa shape index (κ3) is 3.95. The van der Waals surface area contributed by atoms with Crippen LogP contribution in [0.25, 0.3) is 10.9 Å². The van der Waals surface area contributed by atoms with Crippen LogP contribution in [0.1, 0.15) is 17.2 Å². The smallest absolute Gasteiger partial charge is 0.232 e. The number of hydrogen-bond donors (Lipinski definition) is 1. The molecule has 0 aliphatic carbocycles. The Morgan fingerprint density at radius 2 is 1.82 bits per heavy atom. The lowest BCUT2D eigenvalue weighted by atomic mass is 10.1. The fourth-order valence-electron chi connectivity index (χ4n) is 3.63. The molecule has 1 aromatic heterocycles. The van der Waals surface area contributed by atoms with Gasteiger partial charge in [-0.1, -0.05) is 48.5 Å². The summed E-state index contributed by atoms with van der Waals surface area (Å²) in [5.74, 6) is 0.299. The summed E-state index contributed by atoms with van der Waals surface area (Å²) in [6.07, 6.45) is 2.36. The van der Waals surface area contributed by atoms with Crippen LogP contribution in [0, 0.1) is 0 Å². The van der Waals surface area contributed by atoms with E-state index in [0.717, 1.165) is 21.4 Å². The molecule has 5 nitrogen and oxygen atoms in total. The number of thioether (sulfide) groups is 1. The third-order valence-corrected chi connectivity index (χ3v) is 8.33. The van der Waals surface area contributed by atoms with Crippen LogP contribution < -0.4 is 0 Å². The molecule has 28 heavy (non-hydrogen) atoms. The normalized spacial score (nSPS) is 19.4. The van der Waals surface area contributed by atoms with Gasteiger partial charge in [-0.15, -0.1) is 11.8 Å². The maximum absolute atomic E-state index is 12.7. The standard InChI is InChI=1S/C21H22N2O3S2/c24-21(15-27-19-14-22-18-9-5-4-8-17(18)19)23-11-10-20(28(25,26)13-12-23)16-6-2-1-3-7-16/h1-9,14,20,22H,10-13,15H2. The van der Waals surface area contributed by atoms with E-state index in [-0.39, 0.29) is 18.2 Å². The summed E-state index contributed by atoms with van der Waals surface area (Å²) in [6, 6.07) is 17.3. The molecular weight excluding hydrogens is 392 g/mol. The topological polar surface area (TPSA) is 70.2 Å². The van der Waals surface area contributed by atoms with Crippen LogP contribution >= 0.6 is 11.8 Å². The van der Waals surface area contributed by atoms with Gasteiger partial charge in [0.2, 0.25) is 5.91 Å². The van der Waals surface area contributed by atoms with E-state index in [0.29, 0.717) is 18.7 Å².